The van der Waals surface area contributed by atoms with Crippen LogP contribution in [0.1, 0.15) is 44.1 Å². The fraction of sp³-hybridized carbons (Fsp3) is 0.650. The van der Waals surface area contributed by atoms with Crippen LogP contribution in [0.2, 0.25) is 0 Å². The SMILES string of the molecule is CC(=O)N1CCC(c2ccc(OCC3CN3CC3CC3)cc2)CC1. The van der Waals surface area contributed by atoms with Crippen molar-refractivity contribution in [2.24, 2.45) is 5.92 Å². The lowest BCUT2D eigenvalue weighted by molar-refractivity contribution is -0.129. The molecule has 3 fully saturated rings. The second kappa shape index (κ2) is 6.75. The van der Waals surface area contributed by atoms with Crippen LogP contribution in [-0.2, 0) is 4.79 Å². The summed E-state index contributed by atoms with van der Waals surface area (Å²) in [5, 5.41) is 0. The predicted octanol–water partition coefficient (Wildman–Crippen LogP) is 2.89. The van der Waals surface area contributed by atoms with Crippen LogP contribution in [0, 0.1) is 5.92 Å². The van der Waals surface area contributed by atoms with Crippen LogP contribution in [0.4, 0.5) is 0 Å². The van der Waals surface area contributed by atoms with E-state index in [1.807, 2.05) is 4.90 Å². The predicted molar refractivity (Wildman–Crippen MR) is 94.3 cm³/mol. The molecule has 2 atom stereocenters. The largest absolute Gasteiger partial charge is 0.492 e. The molecule has 24 heavy (non-hydrogen) atoms. The van der Waals surface area contributed by atoms with E-state index < -0.39 is 0 Å². The lowest BCUT2D eigenvalue weighted by Crippen LogP contribution is -2.36. The molecular weight excluding hydrogens is 300 g/mol. The minimum atomic E-state index is 0.202. The zero-order valence-electron chi connectivity index (χ0n) is 14.6. The van der Waals surface area contributed by atoms with Gasteiger partial charge in [-0.3, -0.25) is 9.69 Å². The number of likely N-dealkylation sites (tertiary alicyclic amines) is 1. The number of ether oxygens (including phenoxy) is 1. The molecule has 0 bridgehead atoms. The number of rotatable bonds is 6. The van der Waals surface area contributed by atoms with Gasteiger partial charge in [0, 0.05) is 33.1 Å². The van der Waals surface area contributed by atoms with Crippen molar-refractivity contribution in [1.82, 2.24) is 9.80 Å². The fourth-order valence-electron chi connectivity index (χ4n) is 3.79. The van der Waals surface area contributed by atoms with Crippen LogP contribution in [0.15, 0.2) is 24.3 Å². The van der Waals surface area contributed by atoms with Crippen molar-refractivity contribution < 1.29 is 9.53 Å². The summed E-state index contributed by atoms with van der Waals surface area (Å²) in [6, 6.07) is 9.28. The second-order valence-corrected chi connectivity index (χ2v) is 7.71. The highest BCUT2D eigenvalue weighted by Gasteiger charge is 2.38. The number of hydrogen-bond acceptors (Lipinski definition) is 3. The van der Waals surface area contributed by atoms with Crippen molar-refractivity contribution in [2.45, 2.75) is 44.6 Å². The van der Waals surface area contributed by atoms with E-state index in [1.165, 1.54) is 31.5 Å². The maximum Gasteiger partial charge on any atom is 0.219 e. The lowest BCUT2D eigenvalue weighted by Gasteiger charge is -2.31. The van der Waals surface area contributed by atoms with Gasteiger partial charge >= 0.3 is 0 Å². The summed E-state index contributed by atoms with van der Waals surface area (Å²) in [6.07, 6.45) is 4.99. The van der Waals surface area contributed by atoms with Crippen molar-refractivity contribution >= 4 is 5.91 Å². The zero-order valence-corrected chi connectivity index (χ0v) is 14.6. The average molecular weight is 328 g/mol. The molecule has 4 nitrogen and oxygen atoms in total. The molecule has 1 amide bonds. The van der Waals surface area contributed by atoms with Gasteiger partial charge < -0.3 is 9.64 Å². The van der Waals surface area contributed by atoms with Gasteiger partial charge in [-0.1, -0.05) is 12.1 Å². The smallest absolute Gasteiger partial charge is 0.219 e. The number of nitrogens with zero attached hydrogens (tertiary/aromatic N) is 2. The molecule has 130 valence electrons. The molecule has 1 aromatic rings. The summed E-state index contributed by atoms with van der Waals surface area (Å²) >= 11 is 0. The Morgan fingerprint density at radius 1 is 1.12 bits per heavy atom. The molecule has 0 aromatic heterocycles. The third-order valence-electron chi connectivity index (χ3n) is 5.75. The number of amides is 1. The van der Waals surface area contributed by atoms with Crippen molar-refractivity contribution in [3.63, 3.8) is 0 Å². The Kier molecular flexibility index (Phi) is 4.49. The first kappa shape index (κ1) is 15.9. The summed E-state index contributed by atoms with van der Waals surface area (Å²) in [5.41, 5.74) is 1.38. The Morgan fingerprint density at radius 2 is 1.83 bits per heavy atom. The van der Waals surface area contributed by atoms with E-state index >= 15 is 0 Å². The highest BCUT2D eigenvalue weighted by atomic mass is 16.5. The zero-order chi connectivity index (χ0) is 16.5. The standard InChI is InChI=1S/C20H28N2O2/c1-15(23)21-10-8-18(9-11-21)17-4-6-20(7-5-17)24-14-19-13-22(19)12-16-2-3-16/h4-7,16,18-19H,2-3,8-14H2,1H3. The molecule has 2 heterocycles. The van der Waals surface area contributed by atoms with Gasteiger partial charge in [0.25, 0.3) is 0 Å². The first-order chi connectivity index (χ1) is 11.7. The maximum absolute atomic E-state index is 11.4. The van der Waals surface area contributed by atoms with E-state index in [4.69, 9.17) is 4.74 Å². The summed E-state index contributed by atoms with van der Waals surface area (Å²) in [4.78, 5) is 15.9. The average Bonchev–Trinajstić information content (AvgIpc) is 3.53. The van der Waals surface area contributed by atoms with Crippen LogP contribution in [0.5, 0.6) is 5.75 Å². The van der Waals surface area contributed by atoms with Gasteiger partial charge in [0.15, 0.2) is 0 Å². The third kappa shape index (κ3) is 3.92. The van der Waals surface area contributed by atoms with E-state index in [9.17, 15) is 4.79 Å². The van der Waals surface area contributed by atoms with E-state index in [-0.39, 0.29) is 5.91 Å². The summed E-state index contributed by atoms with van der Waals surface area (Å²) in [6.45, 7) is 6.75. The number of carbonyl (C=O) groups is 1. The van der Waals surface area contributed by atoms with Gasteiger partial charge in [-0.05, 0) is 55.2 Å². The molecule has 1 aromatic carbocycles. The Hall–Kier alpha value is -1.55. The van der Waals surface area contributed by atoms with Crippen molar-refractivity contribution in [2.75, 3.05) is 32.8 Å². The van der Waals surface area contributed by atoms with Gasteiger partial charge in [0.05, 0.1) is 6.04 Å². The molecular formula is C20H28N2O2. The van der Waals surface area contributed by atoms with Crippen LogP contribution in [0.25, 0.3) is 0 Å². The summed E-state index contributed by atoms with van der Waals surface area (Å²) < 4.78 is 5.96. The van der Waals surface area contributed by atoms with E-state index in [0.717, 1.165) is 44.2 Å². The first-order valence-corrected chi connectivity index (χ1v) is 9.41. The first-order valence-electron chi connectivity index (χ1n) is 9.41. The Morgan fingerprint density at radius 3 is 2.46 bits per heavy atom. The Labute approximate surface area is 144 Å². The number of carbonyl (C=O) groups excluding carboxylic acids is 1. The minimum Gasteiger partial charge on any atom is -0.492 e. The molecule has 0 N–H and O–H groups in total. The van der Waals surface area contributed by atoms with Gasteiger partial charge in [0.1, 0.15) is 12.4 Å². The van der Waals surface area contributed by atoms with Crippen molar-refractivity contribution in [3.8, 4) is 5.75 Å². The number of hydrogen-bond donors (Lipinski definition) is 0. The molecule has 2 saturated heterocycles. The highest BCUT2D eigenvalue weighted by Crippen LogP contribution is 2.34. The number of benzene rings is 1. The second-order valence-electron chi connectivity index (χ2n) is 7.71. The molecule has 2 aliphatic heterocycles. The van der Waals surface area contributed by atoms with E-state index in [0.29, 0.717) is 12.0 Å². The number of piperidine rings is 1. The summed E-state index contributed by atoms with van der Waals surface area (Å²) in [5.74, 6) is 2.74. The van der Waals surface area contributed by atoms with Crippen LogP contribution < -0.4 is 4.74 Å². The molecule has 0 radical (unpaired) electrons. The Bertz CT molecular complexity index is 574. The monoisotopic (exact) mass is 328 g/mol. The van der Waals surface area contributed by atoms with Gasteiger partial charge in [-0.15, -0.1) is 0 Å². The van der Waals surface area contributed by atoms with Gasteiger partial charge in [-0.2, -0.15) is 0 Å². The maximum atomic E-state index is 11.4. The quantitative estimate of drug-likeness (QED) is 0.753. The van der Waals surface area contributed by atoms with Crippen LogP contribution >= 0.6 is 0 Å². The molecule has 4 rings (SSSR count). The van der Waals surface area contributed by atoms with E-state index in [1.54, 1.807) is 6.92 Å². The summed E-state index contributed by atoms with van der Waals surface area (Å²) in [7, 11) is 0. The normalized spacial score (nSPS) is 27.1. The van der Waals surface area contributed by atoms with Gasteiger partial charge in [-0.25, -0.2) is 0 Å². The van der Waals surface area contributed by atoms with Crippen LogP contribution in [0.3, 0.4) is 0 Å². The molecule has 4 heteroatoms. The topological polar surface area (TPSA) is 32.6 Å². The van der Waals surface area contributed by atoms with E-state index in [2.05, 4.69) is 29.2 Å². The third-order valence-corrected chi connectivity index (χ3v) is 5.75. The van der Waals surface area contributed by atoms with Crippen LogP contribution in [-0.4, -0.2) is 54.5 Å². The fourth-order valence-corrected chi connectivity index (χ4v) is 3.79. The molecule has 1 saturated carbocycles. The van der Waals surface area contributed by atoms with Crippen molar-refractivity contribution in [3.05, 3.63) is 29.8 Å². The Balaban J connectivity index is 1.22. The van der Waals surface area contributed by atoms with Crippen molar-refractivity contribution in [1.29, 1.82) is 0 Å². The molecule has 2 unspecified atom stereocenters. The molecule has 0 spiro atoms. The minimum absolute atomic E-state index is 0.202. The molecule has 3 aliphatic rings. The van der Waals surface area contributed by atoms with Gasteiger partial charge in [0.2, 0.25) is 5.91 Å². The lowest BCUT2D eigenvalue weighted by atomic mass is 9.89. The molecule has 1 aliphatic carbocycles. The highest BCUT2D eigenvalue weighted by molar-refractivity contribution is 5.73.